The molecule has 1 fully saturated rings. The van der Waals surface area contributed by atoms with Crippen molar-refractivity contribution in [3.63, 3.8) is 0 Å². The van der Waals surface area contributed by atoms with Crippen molar-refractivity contribution in [2.75, 3.05) is 24.2 Å². The first-order chi connectivity index (χ1) is 10.8. The Morgan fingerprint density at radius 1 is 1.35 bits per heavy atom. The minimum atomic E-state index is -3.68. The van der Waals surface area contributed by atoms with Gasteiger partial charge in [-0.15, -0.1) is 0 Å². The molecule has 2 amide bonds. The second-order valence-corrected chi connectivity index (χ2v) is 8.08. The number of sulfonamides is 1. The SMILES string of the molecule is CC(=O)Nc1ccc(S(=O)(=O)NCCN2C(=O)CSC2=S)cc1. The first-order valence-electron chi connectivity index (χ1n) is 6.64. The largest absolute Gasteiger partial charge is 0.326 e. The molecule has 0 saturated carbocycles. The molecule has 1 saturated heterocycles. The third-order valence-corrected chi connectivity index (χ3v) is 5.86. The predicted molar refractivity (Wildman–Crippen MR) is 92.7 cm³/mol. The fourth-order valence-corrected chi connectivity index (χ4v) is 4.04. The van der Waals surface area contributed by atoms with Gasteiger partial charge >= 0.3 is 0 Å². The predicted octanol–water partition coefficient (Wildman–Crippen LogP) is 0.784. The van der Waals surface area contributed by atoms with E-state index in [0.29, 0.717) is 15.8 Å². The molecule has 1 aliphatic rings. The highest BCUT2D eigenvalue weighted by molar-refractivity contribution is 8.23. The topological polar surface area (TPSA) is 95.6 Å². The van der Waals surface area contributed by atoms with Gasteiger partial charge in [0.25, 0.3) is 0 Å². The summed E-state index contributed by atoms with van der Waals surface area (Å²) in [6.45, 7) is 1.64. The van der Waals surface area contributed by atoms with Crippen LogP contribution >= 0.6 is 24.0 Å². The van der Waals surface area contributed by atoms with Crippen molar-refractivity contribution in [3.05, 3.63) is 24.3 Å². The van der Waals surface area contributed by atoms with E-state index < -0.39 is 10.0 Å². The van der Waals surface area contributed by atoms with Crippen LogP contribution in [-0.2, 0) is 19.6 Å². The molecule has 0 unspecified atom stereocenters. The first-order valence-corrected chi connectivity index (χ1v) is 9.52. The van der Waals surface area contributed by atoms with Crippen molar-refractivity contribution in [2.24, 2.45) is 0 Å². The molecule has 0 bridgehead atoms. The number of hydrogen-bond acceptors (Lipinski definition) is 6. The van der Waals surface area contributed by atoms with Crippen LogP contribution in [0, 0.1) is 0 Å². The molecule has 1 aliphatic heterocycles. The molecule has 2 rings (SSSR count). The second-order valence-electron chi connectivity index (χ2n) is 4.70. The van der Waals surface area contributed by atoms with Gasteiger partial charge in [0.1, 0.15) is 4.32 Å². The summed E-state index contributed by atoms with van der Waals surface area (Å²) in [5.74, 6) is -0.0439. The normalized spacial score (nSPS) is 15.1. The van der Waals surface area contributed by atoms with Gasteiger partial charge in [0.15, 0.2) is 0 Å². The highest BCUT2D eigenvalue weighted by atomic mass is 32.2. The van der Waals surface area contributed by atoms with Crippen LogP contribution in [0.5, 0.6) is 0 Å². The lowest BCUT2D eigenvalue weighted by Gasteiger charge is -2.15. The minimum Gasteiger partial charge on any atom is -0.326 e. The average molecular weight is 373 g/mol. The quantitative estimate of drug-likeness (QED) is 0.716. The molecule has 7 nitrogen and oxygen atoms in total. The number of thiocarbonyl (C=S) groups is 1. The van der Waals surface area contributed by atoms with Gasteiger partial charge in [-0.05, 0) is 24.3 Å². The Morgan fingerprint density at radius 3 is 2.52 bits per heavy atom. The van der Waals surface area contributed by atoms with E-state index in [0.717, 1.165) is 0 Å². The minimum absolute atomic E-state index is 0.0716. The summed E-state index contributed by atoms with van der Waals surface area (Å²) < 4.78 is 27.2. The number of carbonyl (C=O) groups excluding carboxylic acids is 2. The van der Waals surface area contributed by atoms with Crippen LogP contribution in [0.4, 0.5) is 5.69 Å². The van der Waals surface area contributed by atoms with Crippen molar-refractivity contribution in [1.82, 2.24) is 9.62 Å². The van der Waals surface area contributed by atoms with Gasteiger partial charge in [0, 0.05) is 25.7 Å². The van der Waals surface area contributed by atoms with E-state index in [9.17, 15) is 18.0 Å². The van der Waals surface area contributed by atoms with Gasteiger partial charge in [0.2, 0.25) is 21.8 Å². The zero-order chi connectivity index (χ0) is 17.0. The van der Waals surface area contributed by atoms with Gasteiger partial charge < -0.3 is 5.32 Å². The molecule has 1 aromatic rings. The van der Waals surface area contributed by atoms with Crippen LogP contribution in [0.1, 0.15) is 6.92 Å². The number of rotatable bonds is 6. The van der Waals surface area contributed by atoms with E-state index in [2.05, 4.69) is 10.0 Å². The fraction of sp³-hybridized carbons (Fsp3) is 0.308. The Bertz CT molecular complexity index is 715. The lowest BCUT2D eigenvalue weighted by molar-refractivity contribution is -0.124. The Balaban J connectivity index is 1.94. The smallest absolute Gasteiger partial charge is 0.240 e. The van der Waals surface area contributed by atoms with Gasteiger partial charge in [-0.25, -0.2) is 13.1 Å². The molecule has 1 heterocycles. The maximum absolute atomic E-state index is 12.2. The maximum Gasteiger partial charge on any atom is 0.240 e. The zero-order valence-electron chi connectivity index (χ0n) is 12.2. The van der Waals surface area contributed by atoms with Crippen molar-refractivity contribution in [3.8, 4) is 0 Å². The van der Waals surface area contributed by atoms with Gasteiger partial charge in [-0.2, -0.15) is 0 Å². The molecule has 2 N–H and O–H groups in total. The standard InChI is InChI=1S/C13H15N3O4S3/c1-9(17)15-10-2-4-11(5-3-10)23(19,20)14-6-7-16-12(18)8-22-13(16)21/h2-5,14H,6-8H2,1H3,(H,15,17). The third-order valence-electron chi connectivity index (χ3n) is 2.95. The summed E-state index contributed by atoms with van der Waals surface area (Å²) >= 11 is 6.29. The van der Waals surface area contributed by atoms with Crippen LogP contribution in [0.15, 0.2) is 29.2 Å². The van der Waals surface area contributed by atoms with Crippen LogP contribution in [-0.4, -0.2) is 48.3 Å². The zero-order valence-corrected chi connectivity index (χ0v) is 14.7. The van der Waals surface area contributed by atoms with Crippen molar-refractivity contribution < 1.29 is 18.0 Å². The monoisotopic (exact) mass is 373 g/mol. The molecular formula is C13H15N3O4S3. The van der Waals surface area contributed by atoms with Crippen LogP contribution < -0.4 is 10.0 Å². The lowest BCUT2D eigenvalue weighted by atomic mass is 10.3. The van der Waals surface area contributed by atoms with Crippen molar-refractivity contribution in [1.29, 1.82) is 0 Å². The molecule has 0 aromatic heterocycles. The summed E-state index contributed by atoms with van der Waals surface area (Å²) in [6, 6.07) is 5.81. The molecule has 1 aromatic carbocycles. The van der Waals surface area contributed by atoms with Gasteiger partial charge in [-0.3, -0.25) is 14.5 Å². The Hall–Kier alpha value is -1.49. The highest BCUT2D eigenvalue weighted by Crippen LogP contribution is 2.18. The number of thioether (sulfide) groups is 1. The molecule has 124 valence electrons. The summed E-state index contributed by atoms with van der Waals surface area (Å²) in [4.78, 5) is 23.9. The summed E-state index contributed by atoms with van der Waals surface area (Å²) in [7, 11) is -3.68. The number of anilines is 1. The maximum atomic E-state index is 12.2. The first kappa shape index (κ1) is 17.9. The van der Waals surface area contributed by atoms with Gasteiger partial charge in [0.05, 0.1) is 10.6 Å². The Kier molecular flexibility index (Phi) is 5.74. The molecule has 0 aliphatic carbocycles. The van der Waals surface area contributed by atoms with E-state index in [-0.39, 0.29) is 29.8 Å². The highest BCUT2D eigenvalue weighted by Gasteiger charge is 2.26. The van der Waals surface area contributed by atoms with Gasteiger partial charge in [-0.1, -0.05) is 24.0 Å². The number of amides is 2. The van der Waals surface area contributed by atoms with Crippen LogP contribution in [0.25, 0.3) is 0 Å². The van der Waals surface area contributed by atoms with Crippen LogP contribution in [0.2, 0.25) is 0 Å². The Labute approximate surface area is 143 Å². The molecule has 0 spiro atoms. The lowest BCUT2D eigenvalue weighted by Crippen LogP contribution is -2.37. The molecule has 0 atom stereocenters. The Morgan fingerprint density at radius 2 is 2.00 bits per heavy atom. The number of benzene rings is 1. The van der Waals surface area contributed by atoms with Crippen LogP contribution in [0.3, 0.4) is 0 Å². The van der Waals surface area contributed by atoms with Crippen molar-refractivity contribution in [2.45, 2.75) is 11.8 Å². The third kappa shape index (κ3) is 4.74. The fourth-order valence-electron chi connectivity index (χ4n) is 1.89. The number of nitrogens with zero attached hydrogens (tertiary/aromatic N) is 1. The second kappa shape index (κ2) is 7.39. The molecule has 0 radical (unpaired) electrons. The summed E-state index contributed by atoms with van der Waals surface area (Å²) in [6.07, 6.45) is 0. The average Bonchev–Trinajstić information content (AvgIpc) is 2.79. The van der Waals surface area contributed by atoms with E-state index in [4.69, 9.17) is 12.2 Å². The van der Waals surface area contributed by atoms with Crippen molar-refractivity contribution >= 4 is 55.8 Å². The van der Waals surface area contributed by atoms with E-state index in [1.54, 1.807) is 0 Å². The number of carbonyl (C=O) groups is 2. The molecule has 10 heteroatoms. The molecular weight excluding hydrogens is 358 g/mol. The summed E-state index contributed by atoms with van der Waals surface area (Å²) in [5.41, 5.74) is 0.515. The van der Waals surface area contributed by atoms with E-state index in [1.165, 1.54) is 47.9 Å². The number of nitrogens with one attached hydrogen (secondary N) is 2. The van der Waals surface area contributed by atoms with E-state index >= 15 is 0 Å². The number of hydrogen-bond donors (Lipinski definition) is 2. The summed E-state index contributed by atoms with van der Waals surface area (Å²) in [5, 5.41) is 2.56. The van der Waals surface area contributed by atoms with E-state index in [1.807, 2.05) is 0 Å². The molecule has 23 heavy (non-hydrogen) atoms.